The van der Waals surface area contributed by atoms with E-state index in [-0.39, 0.29) is 16.9 Å². The average molecular weight is 434 g/mol. The quantitative estimate of drug-likeness (QED) is 0.613. The number of rotatable bonds is 4. The van der Waals surface area contributed by atoms with Crippen LogP contribution in [0.4, 0.5) is 19.0 Å². The van der Waals surface area contributed by atoms with Crippen LogP contribution in [0.2, 0.25) is 0 Å². The van der Waals surface area contributed by atoms with E-state index in [1.165, 1.54) is 18.2 Å². The van der Waals surface area contributed by atoms with E-state index in [9.17, 15) is 23.1 Å². The summed E-state index contributed by atoms with van der Waals surface area (Å²) < 4.78 is 46.1. The number of alkyl halides is 3. The first-order chi connectivity index (χ1) is 14.6. The molecule has 31 heavy (non-hydrogen) atoms. The highest BCUT2D eigenvalue weighted by molar-refractivity contribution is 5.88. The molecule has 3 heterocycles. The number of aliphatic hydroxyl groups excluding tert-OH is 1. The van der Waals surface area contributed by atoms with Crippen molar-refractivity contribution in [2.45, 2.75) is 38.2 Å². The minimum Gasteiger partial charge on any atom is -0.379 e. The van der Waals surface area contributed by atoms with Gasteiger partial charge < -0.3 is 19.7 Å². The Morgan fingerprint density at radius 3 is 2.74 bits per heavy atom. The lowest BCUT2D eigenvalue weighted by atomic mass is 10.0. The molecule has 164 valence electrons. The van der Waals surface area contributed by atoms with Gasteiger partial charge in [0, 0.05) is 24.4 Å². The summed E-state index contributed by atoms with van der Waals surface area (Å²) in [6.07, 6.45) is -3.72. The summed E-state index contributed by atoms with van der Waals surface area (Å²) in [4.78, 5) is 21.3. The molecule has 0 unspecified atom stereocenters. The minimum absolute atomic E-state index is 0.0312. The van der Waals surface area contributed by atoms with Gasteiger partial charge in [0.25, 0.3) is 5.56 Å². The van der Waals surface area contributed by atoms with Crippen LogP contribution in [-0.2, 0) is 16.5 Å². The zero-order valence-electron chi connectivity index (χ0n) is 16.9. The Labute approximate surface area is 175 Å². The predicted molar refractivity (Wildman–Crippen MR) is 108 cm³/mol. The lowest BCUT2D eigenvalue weighted by Gasteiger charge is -2.26. The molecule has 0 amide bonds. The minimum atomic E-state index is -4.53. The fourth-order valence-corrected chi connectivity index (χ4v) is 3.70. The molecule has 0 radical (unpaired) electrons. The second-order valence-corrected chi connectivity index (χ2v) is 7.87. The monoisotopic (exact) mass is 434 g/mol. The number of aryl methyl sites for hydroxylation is 1. The van der Waals surface area contributed by atoms with E-state index < -0.39 is 23.5 Å². The molecule has 1 aliphatic rings. The topological polar surface area (TPSA) is 89.3 Å². The predicted octanol–water partition coefficient (Wildman–Crippen LogP) is 3.36. The Kier molecular flexibility index (Phi) is 5.22. The Morgan fingerprint density at radius 1 is 1.29 bits per heavy atom. The third-order valence-electron chi connectivity index (χ3n) is 5.43. The fourth-order valence-electron chi connectivity index (χ4n) is 3.70. The number of hydrogen-bond donors (Lipinski definition) is 2. The van der Waals surface area contributed by atoms with Gasteiger partial charge in [-0.3, -0.25) is 4.79 Å². The number of aromatic nitrogens is 3. The molecule has 1 aromatic carbocycles. The number of benzene rings is 1. The SMILES string of the molecule is Cc1nc(N[C@H](O)c2cccc(C(F)(F)F)c2)c2cn([C@@]3(C)CCOC3)c(=O)cc2n1. The van der Waals surface area contributed by atoms with Crippen molar-refractivity contribution in [1.82, 2.24) is 14.5 Å². The Hall–Kier alpha value is -2.98. The standard InChI is InChI=1S/C21H21F3N4O3/c1-12-25-16-9-17(29)28(20(2)6-7-31-11-20)10-15(16)18(26-12)27-19(30)13-4-3-5-14(8-13)21(22,23)24/h3-5,8-10,19,30H,6-7,11H2,1-2H3,(H,25,26,27)/t19-,20+/m1/s1. The summed E-state index contributed by atoms with van der Waals surface area (Å²) in [5, 5.41) is 13.8. The zero-order chi connectivity index (χ0) is 22.4. The van der Waals surface area contributed by atoms with Crippen molar-refractivity contribution in [2.24, 2.45) is 0 Å². The van der Waals surface area contributed by atoms with Gasteiger partial charge in [-0.2, -0.15) is 13.2 Å². The van der Waals surface area contributed by atoms with E-state index >= 15 is 0 Å². The Morgan fingerprint density at radius 2 is 2.06 bits per heavy atom. The van der Waals surface area contributed by atoms with E-state index in [0.717, 1.165) is 12.1 Å². The number of ether oxygens (including phenoxy) is 1. The smallest absolute Gasteiger partial charge is 0.379 e. The molecule has 0 spiro atoms. The first kappa shape index (κ1) is 21.3. The molecular formula is C21H21F3N4O3. The van der Waals surface area contributed by atoms with Gasteiger partial charge in [0.1, 0.15) is 11.6 Å². The van der Waals surface area contributed by atoms with Crippen LogP contribution < -0.4 is 10.9 Å². The Balaban J connectivity index is 1.76. The second kappa shape index (κ2) is 7.61. The molecule has 0 bridgehead atoms. The number of hydrogen-bond acceptors (Lipinski definition) is 6. The van der Waals surface area contributed by atoms with Gasteiger partial charge in [-0.25, -0.2) is 9.97 Å². The number of nitrogens with one attached hydrogen (secondary N) is 1. The van der Waals surface area contributed by atoms with Gasteiger partial charge in [0.05, 0.1) is 28.6 Å². The van der Waals surface area contributed by atoms with Crippen molar-refractivity contribution in [1.29, 1.82) is 0 Å². The molecule has 3 aromatic rings. The van der Waals surface area contributed by atoms with Crippen LogP contribution in [0, 0.1) is 6.92 Å². The second-order valence-electron chi connectivity index (χ2n) is 7.87. The van der Waals surface area contributed by atoms with Crippen LogP contribution in [0.5, 0.6) is 0 Å². The van der Waals surface area contributed by atoms with E-state index in [4.69, 9.17) is 4.74 Å². The largest absolute Gasteiger partial charge is 0.416 e. The highest BCUT2D eigenvalue weighted by Crippen LogP contribution is 2.32. The molecule has 1 fully saturated rings. The van der Waals surface area contributed by atoms with Gasteiger partial charge >= 0.3 is 6.18 Å². The zero-order valence-corrected chi connectivity index (χ0v) is 16.9. The van der Waals surface area contributed by atoms with Crippen LogP contribution in [0.1, 0.15) is 36.5 Å². The van der Waals surface area contributed by atoms with Gasteiger partial charge in [0.2, 0.25) is 0 Å². The van der Waals surface area contributed by atoms with E-state index in [1.54, 1.807) is 17.7 Å². The van der Waals surface area contributed by atoms with Crippen molar-refractivity contribution in [3.05, 3.63) is 63.8 Å². The highest BCUT2D eigenvalue weighted by Gasteiger charge is 2.33. The third-order valence-corrected chi connectivity index (χ3v) is 5.43. The van der Waals surface area contributed by atoms with E-state index in [2.05, 4.69) is 15.3 Å². The number of nitrogens with zero attached hydrogens (tertiary/aromatic N) is 3. The van der Waals surface area contributed by atoms with Crippen molar-refractivity contribution >= 4 is 16.7 Å². The van der Waals surface area contributed by atoms with Crippen LogP contribution in [-0.4, -0.2) is 32.9 Å². The molecule has 1 aliphatic heterocycles. The average Bonchev–Trinajstić information content (AvgIpc) is 3.14. The summed E-state index contributed by atoms with van der Waals surface area (Å²) in [6, 6.07) is 5.81. The molecule has 2 N–H and O–H groups in total. The van der Waals surface area contributed by atoms with Gasteiger partial charge in [-0.15, -0.1) is 0 Å². The molecule has 7 nitrogen and oxygen atoms in total. The number of fused-ring (bicyclic) bond motifs is 1. The molecule has 0 saturated carbocycles. The molecule has 1 saturated heterocycles. The first-order valence-electron chi connectivity index (χ1n) is 9.68. The highest BCUT2D eigenvalue weighted by atomic mass is 19.4. The first-order valence-corrected chi connectivity index (χ1v) is 9.68. The lowest BCUT2D eigenvalue weighted by molar-refractivity contribution is -0.137. The molecular weight excluding hydrogens is 413 g/mol. The molecule has 4 rings (SSSR count). The van der Waals surface area contributed by atoms with Crippen LogP contribution in [0.25, 0.3) is 10.9 Å². The van der Waals surface area contributed by atoms with Crippen molar-refractivity contribution in [2.75, 3.05) is 18.5 Å². The van der Waals surface area contributed by atoms with E-state index in [1.807, 2.05) is 6.92 Å². The molecule has 10 heteroatoms. The number of aliphatic hydroxyl groups is 1. The van der Waals surface area contributed by atoms with Crippen LogP contribution >= 0.6 is 0 Å². The van der Waals surface area contributed by atoms with Crippen molar-refractivity contribution in [3.63, 3.8) is 0 Å². The Bertz CT molecular complexity index is 1190. The number of pyridine rings is 1. The summed E-state index contributed by atoms with van der Waals surface area (Å²) in [6.45, 7) is 4.44. The number of halogens is 3. The molecule has 2 aromatic heterocycles. The van der Waals surface area contributed by atoms with E-state index in [0.29, 0.717) is 36.4 Å². The maximum absolute atomic E-state index is 13.0. The van der Waals surface area contributed by atoms with Gasteiger partial charge in [-0.05, 0) is 32.4 Å². The summed E-state index contributed by atoms with van der Waals surface area (Å²) >= 11 is 0. The maximum Gasteiger partial charge on any atom is 0.416 e. The lowest BCUT2D eigenvalue weighted by Crippen LogP contribution is -2.38. The molecule has 0 aliphatic carbocycles. The van der Waals surface area contributed by atoms with Crippen LogP contribution in [0.15, 0.2) is 41.3 Å². The summed E-state index contributed by atoms with van der Waals surface area (Å²) in [7, 11) is 0. The van der Waals surface area contributed by atoms with Crippen LogP contribution in [0.3, 0.4) is 0 Å². The van der Waals surface area contributed by atoms with Crippen molar-refractivity contribution < 1.29 is 23.0 Å². The third kappa shape index (κ3) is 4.13. The normalized spacial score (nSPS) is 20.2. The number of anilines is 1. The van der Waals surface area contributed by atoms with Crippen molar-refractivity contribution in [3.8, 4) is 0 Å². The molecule has 2 atom stereocenters. The van der Waals surface area contributed by atoms with Gasteiger partial charge in [0.15, 0.2) is 6.23 Å². The summed E-state index contributed by atoms with van der Waals surface area (Å²) in [5.41, 5.74) is -1.24. The fraction of sp³-hybridized carbons (Fsp3) is 0.381. The summed E-state index contributed by atoms with van der Waals surface area (Å²) in [5.74, 6) is 0.558. The van der Waals surface area contributed by atoms with Gasteiger partial charge in [-0.1, -0.05) is 12.1 Å². The maximum atomic E-state index is 13.0.